The minimum atomic E-state index is -0.490. The topological polar surface area (TPSA) is 62.6 Å². The highest BCUT2D eigenvalue weighted by atomic mass is 35.5. The molecule has 7 heteroatoms. The van der Waals surface area contributed by atoms with Crippen molar-refractivity contribution in [2.75, 3.05) is 6.54 Å². The molecule has 1 aliphatic rings. The van der Waals surface area contributed by atoms with Crippen molar-refractivity contribution in [2.24, 2.45) is 0 Å². The Morgan fingerprint density at radius 1 is 1.21 bits per heavy atom. The summed E-state index contributed by atoms with van der Waals surface area (Å²) in [5.41, 5.74) is 0.781. The second-order valence-corrected chi connectivity index (χ2v) is 5.86. The Labute approximate surface area is 148 Å². The van der Waals surface area contributed by atoms with Gasteiger partial charge in [0.25, 0.3) is 5.91 Å². The van der Waals surface area contributed by atoms with Crippen LogP contribution in [0.5, 0.6) is 0 Å². The van der Waals surface area contributed by atoms with Crippen molar-refractivity contribution in [3.63, 3.8) is 0 Å². The molecule has 0 bridgehead atoms. The highest BCUT2D eigenvalue weighted by molar-refractivity contribution is 6.35. The van der Waals surface area contributed by atoms with Crippen LogP contribution in [0.15, 0.2) is 53.1 Å². The van der Waals surface area contributed by atoms with Crippen LogP contribution in [0.2, 0.25) is 10.0 Å². The summed E-state index contributed by atoms with van der Waals surface area (Å²) < 4.78 is 5.68. The van der Waals surface area contributed by atoms with E-state index in [1.165, 1.54) is 12.2 Å². The number of amides is 3. The predicted octanol–water partition coefficient (Wildman–Crippen LogP) is 4.33. The van der Waals surface area contributed by atoms with Crippen LogP contribution in [0.25, 0.3) is 17.4 Å². The molecule has 1 N–H and O–H groups in total. The Morgan fingerprint density at radius 3 is 2.75 bits per heavy atom. The fraction of sp³-hybridized carbons (Fsp3) is 0.0588. The lowest BCUT2D eigenvalue weighted by molar-refractivity contribution is -0.122. The van der Waals surface area contributed by atoms with Gasteiger partial charge in [0.2, 0.25) is 0 Å². The molecule has 0 spiro atoms. The van der Waals surface area contributed by atoms with Gasteiger partial charge in [-0.05, 0) is 30.3 Å². The van der Waals surface area contributed by atoms with Crippen LogP contribution >= 0.6 is 23.2 Å². The number of hydrogen-bond acceptors (Lipinski definition) is 3. The summed E-state index contributed by atoms with van der Waals surface area (Å²) in [6, 6.07) is 7.94. The Balaban J connectivity index is 1.89. The number of benzene rings is 1. The lowest BCUT2D eigenvalue weighted by Gasteiger charge is -2.06. The van der Waals surface area contributed by atoms with Crippen molar-refractivity contribution in [3.05, 3.63) is 64.5 Å². The highest BCUT2D eigenvalue weighted by Crippen LogP contribution is 2.32. The van der Waals surface area contributed by atoms with Gasteiger partial charge in [-0.1, -0.05) is 29.3 Å². The van der Waals surface area contributed by atoms with Crippen molar-refractivity contribution >= 4 is 41.2 Å². The Kier molecular flexibility index (Phi) is 4.46. The second-order valence-electron chi connectivity index (χ2n) is 5.02. The third-order valence-corrected chi connectivity index (χ3v) is 3.95. The molecule has 0 unspecified atom stereocenters. The SMILES string of the molecule is C=CCN1C(=O)N/C(=C/c2ccc(-c3cc(Cl)ccc3Cl)o2)C1=O. The molecule has 2 heterocycles. The zero-order valence-corrected chi connectivity index (χ0v) is 13.9. The standard InChI is InChI=1S/C17H12Cl2N2O3/c1-2-7-21-16(22)14(20-17(21)23)9-11-4-6-15(24-11)12-8-10(18)3-5-13(12)19/h2-6,8-9H,1,7H2,(H,20,23)/b14-9+. The summed E-state index contributed by atoms with van der Waals surface area (Å²) >= 11 is 12.1. The first-order valence-electron chi connectivity index (χ1n) is 7.00. The lowest BCUT2D eigenvalue weighted by Crippen LogP contribution is -2.30. The van der Waals surface area contributed by atoms with Crippen molar-refractivity contribution in [2.45, 2.75) is 0 Å². The Hall–Kier alpha value is -2.50. The number of rotatable bonds is 4. The molecule has 1 saturated heterocycles. The number of urea groups is 1. The first-order valence-corrected chi connectivity index (χ1v) is 7.76. The maximum Gasteiger partial charge on any atom is 0.329 e. The molecule has 24 heavy (non-hydrogen) atoms. The van der Waals surface area contributed by atoms with E-state index in [4.69, 9.17) is 27.6 Å². The molecule has 5 nitrogen and oxygen atoms in total. The maximum absolute atomic E-state index is 12.1. The van der Waals surface area contributed by atoms with E-state index in [-0.39, 0.29) is 12.2 Å². The molecule has 0 radical (unpaired) electrons. The van der Waals surface area contributed by atoms with Gasteiger partial charge in [-0.25, -0.2) is 4.79 Å². The highest BCUT2D eigenvalue weighted by Gasteiger charge is 2.32. The average molecular weight is 363 g/mol. The van der Waals surface area contributed by atoms with Crippen molar-refractivity contribution in [1.82, 2.24) is 10.2 Å². The van der Waals surface area contributed by atoms with Crippen molar-refractivity contribution < 1.29 is 14.0 Å². The largest absolute Gasteiger partial charge is 0.457 e. The van der Waals surface area contributed by atoms with Gasteiger partial charge < -0.3 is 9.73 Å². The van der Waals surface area contributed by atoms with E-state index in [1.54, 1.807) is 30.3 Å². The van der Waals surface area contributed by atoms with Crippen LogP contribution in [0.1, 0.15) is 5.76 Å². The predicted molar refractivity (Wildman–Crippen MR) is 92.6 cm³/mol. The number of nitrogens with one attached hydrogen (secondary N) is 1. The number of carbonyl (C=O) groups is 2. The molecule has 0 saturated carbocycles. The van der Waals surface area contributed by atoms with Crippen molar-refractivity contribution in [1.29, 1.82) is 0 Å². The summed E-state index contributed by atoms with van der Waals surface area (Å²) in [6.45, 7) is 3.66. The second kappa shape index (κ2) is 6.55. The molecular weight excluding hydrogens is 351 g/mol. The van der Waals surface area contributed by atoms with E-state index in [1.807, 2.05) is 0 Å². The van der Waals surface area contributed by atoms with Gasteiger partial charge in [-0.3, -0.25) is 9.69 Å². The van der Waals surface area contributed by atoms with Gasteiger partial charge in [0, 0.05) is 23.2 Å². The Morgan fingerprint density at radius 2 is 2.00 bits per heavy atom. The molecule has 3 rings (SSSR count). The number of halogens is 2. The van der Waals surface area contributed by atoms with Crippen LogP contribution < -0.4 is 5.32 Å². The first kappa shape index (κ1) is 16.4. The quantitative estimate of drug-likeness (QED) is 0.500. The summed E-state index contributed by atoms with van der Waals surface area (Å²) in [5.74, 6) is 0.484. The first-order chi connectivity index (χ1) is 11.5. The van der Waals surface area contributed by atoms with Gasteiger partial charge in [0.05, 0.1) is 5.02 Å². The van der Waals surface area contributed by atoms with E-state index in [2.05, 4.69) is 11.9 Å². The number of hydrogen-bond donors (Lipinski definition) is 1. The zero-order valence-electron chi connectivity index (χ0n) is 12.4. The lowest BCUT2D eigenvalue weighted by atomic mass is 10.2. The van der Waals surface area contributed by atoms with Gasteiger partial charge in [-0.2, -0.15) is 0 Å². The molecule has 1 aromatic heterocycles. The monoisotopic (exact) mass is 362 g/mol. The normalized spacial score (nSPS) is 15.9. The van der Waals surface area contributed by atoms with E-state index in [9.17, 15) is 9.59 Å². The molecule has 1 fully saturated rings. The van der Waals surface area contributed by atoms with Crippen molar-refractivity contribution in [3.8, 4) is 11.3 Å². The molecule has 3 amide bonds. The number of furan rings is 1. The molecule has 1 aliphatic heterocycles. The molecular formula is C17H12Cl2N2O3. The Bertz CT molecular complexity index is 870. The minimum absolute atomic E-state index is 0.139. The van der Waals surface area contributed by atoms with Crippen LogP contribution in [0.3, 0.4) is 0 Å². The van der Waals surface area contributed by atoms with E-state index < -0.39 is 11.9 Å². The van der Waals surface area contributed by atoms with Gasteiger partial charge in [0.1, 0.15) is 17.2 Å². The van der Waals surface area contributed by atoms with E-state index >= 15 is 0 Å². The molecule has 2 aromatic rings. The van der Waals surface area contributed by atoms with Gasteiger partial charge in [-0.15, -0.1) is 6.58 Å². The zero-order chi connectivity index (χ0) is 17.3. The van der Waals surface area contributed by atoms with E-state index in [0.29, 0.717) is 27.1 Å². The summed E-state index contributed by atoms with van der Waals surface area (Å²) in [6.07, 6.45) is 2.94. The van der Waals surface area contributed by atoms with Crippen LogP contribution in [-0.2, 0) is 4.79 Å². The maximum atomic E-state index is 12.1. The van der Waals surface area contributed by atoms with Gasteiger partial charge >= 0.3 is 6.03 Å². The number of carbonyl (C=O) groups excluding carboxylic acids is 2. The molecule has 1 aromatic carbocycles. The minimum Gasteiger partial charge on any atom is -0.457 e. The smallest absolute Gasteiger partial charge is 0.329 e. The molecule has 122 valence electrons. The molecule has 0 aliphatic carbocycles. The third kappa shape index (κ3) is 3.09. The average Bonchev–Trinajstić information content (AvgIpc) is 3.11. The fourth-order valence-electron chi connectivity index (χ4n) is 2.27. The van der Waals surface area contributed by atoms with Crippen LogP contribution in [0.4, 0.5) is 4.79 Å². The summed E-state index contributed by atoms with van der Waals surface area (Å²) in [7, 11) is 0. The van der Waals surface area contributed by atoms with Crippen LogP contribution in [-0.4, -0.2) is 23.4 Å². The van der Waals surface area contributed by atoms with E-state index in [0.717, 1.165) is 4.90 Å². The van der Waals surface area contributed by atoms with Crippen LogP contribution in [0, 0.1) is 0 Å². The molecule has 0 atom stereocenters. The summed E-state index contributed by atoms with van der Waals surface area (Å²) in [5, 5.41) is 3.53. The number of imide groups is 1. The fourth-order valence-corrected chi connectivity index (χ4v) is 2.65. The summed E-state index contributed by atoms with van der Waals surface area (Å²) in [4.78, 5) is 24.9. The number of nitrogens with zero attached hydrogens (tertiary/aromatic N) is 1. The third-order valence-electron chi connectivity index (χ3n) is 3.38. The van der Waals surface area contributed by atoms with Gasteiger partial charge in [0.15, 0.2) is 0 Å².